The van der Waals surface area contributed by atoms with Crippen LogP contribution in [0.2, 0.25) is 0 Å². The largest absolute Gasteiger partial charge is 0.480 e. The fourth-order valence-corrected chi connectivity index (χ4v) is 4.42. The summed E-state index contributed by atoms with van der Waals surface area (Å²) < 4.78 is 24.5. The van der Waals surface area contributed by atoms with Gasteiger partial charge in [-0.1, -0.05) is 0 Å². The van der Waals surface area contributed by atoms with E-state index in [1.807, 2.05) is 0 Å². The number of aliphatic carboxylic acids is 1. The quantitative estimate of drug-likeness (QED) is 0.675. The number of carboxylic acids is 1. The van der Waals surface area contributed by atoms with E-state index in [1.165, 1.54) is 4.31 Å². The van der Waals surface area contributed by atoms with Crippen molar-refractivity contribution in [2.24, 2.45) is 0 Å². The summed E-state index contributed by atoms with van der Waals surface area (Å²) in [4.78, 5) is 11.1. The van der Waals surface area contributed by atoms with Crippen LogP contribution in [-0.4, -0.2) is 41.6 Å². The van der Waals surface area contributed by atoms with Gasteiger partial charge in [0.2, 0.25) is 10.0 Å². The molecule has 0 bridgehead atoms. The molecule has 2 saturated heterocycles. The maximum atomic E-state index is 11.6. The van der Waals surface area contributed by atoms with Crippen molar-refractivity contribution in [3.05, 3.63) is 0 Å². The van der Waals surface area contributed by atoms with E-state index < -0.39 is 21.5 Å². The topological polar surface area (TPSA) is 74.7 Å². The Morgan fingerprint density at radius 1 is 1.29 bits per heavy atom. The van der Waals surface area contributed by atoms with E-state index in [-0.39, 0.29) is 5.75 Å². The van der Waals surface area contributed by atoms with Crippen molar-refractivity contribution in [2.45, 2.75) is 31.2 Å². The molecule has 0 amide bonds. The Labute approximate surface area is 82.8 Å². The van der Waals surface area contributed by atoms with Crippen LogP contribution >= 0.6 is 0 Å². The van der Waals surface area contributed by atoms with E-state index in [0.29, 0.717) is 32.2 Å². The SMILES string of the molecule is O=C(O)[C@@]12CCCN1S(=O)(=O)CCC2. The fraction of sp³-hybridized carbons (Fsp3) is 0.875. The average Bonchev–Trinajstić information content (AvgIpc) is 2.49. The maximum Gasteiger partial charge on any atom is 0.325 e. The van der Waals surface area contributed by atoms with Crippen LogP contribution < -0.4 is 0 Å². The van der Waals surface area contributed by atoms with E-state index in [2.05, 4.69) is 0 Å². The molecule has 0 radical (unpaired) electrons. The summed E-state index contributed by atoms with van der Waals surface area (Å²) in [6, 6.07) is 0. The van der Waals surface area contributed by atoms with E-state index >= 15 is 0 Å². The molecule has 0 spiro atoms. The Kier molecular flexibility index (Phi) is 2.08. The van der Waals surface area contributed by atoms with Crippen molar-refractivity contribution in [2.75, 3.05) is 12.3 Å². The summed E-state index contributed by atoms with van der Waals surface area (Å²) in [5, 5.41) is 9.13. The van der Waals surface area contributed by atoms with Gasteiger partial charge in [-0.3, -0.25) is 4.79 Å². The van der Waals surface area contributed by atoms with Gasteiger partial charge in [0.25, 0.3) is 0 Å². The molecule has 1 atom stereocenters. The van der Waals surface area contributed by atoms with Crippen LogP contribution in [0.3, 0.4) is 0 Å². The van der Waals surface area contributed by atoms with Crippen LogP contribution in [0.5, 0.6) is 0 Å². The number of sulfonamides is 1. The third kappa shape index (κ3) is 1.17. The van der Waals surface area contributed by atoms with Crippen molar-refractivity contribution in [3.63, 3.8) is 0 Å². The Morgan fingerprint density at radius 3 is 2.50 bits per heavy atom. The van der Waals surface area contributed by atoms with Gasteiger partial charge >= 0.3 is 5.97 Å². The molecule has 0 aromatic rings. The molecule has 0 saturated carbocycles. The van der Waals surface area contributed by atoms with Crippen molar-refractivity contribution in [1.82, 2.24) is 4.31 Å². The van der Waals surface area contributed by atoms with Crippen molar-refractivity contribution < 1.29 is 18.3 Å². The van der Waals surface area contributed by atoms with Crippen LogP contribution in [0.25, 0.3) is 0 Å². The van der Waals surface area contributed by atoms with Crippen LogP contribution in [-0.2, 0) is 14.8 Å². The zero-order chi connectivity index (χ0) is 10.4. The molecule has 1 N–H and O–H groups in total. The second kappa shape index (κ2) is 2.93. The lowest BCUT2D eigenvalue weighted by Crippen LogP contribution is -2.56. The highest BCUT2D eigenvalue weighted by molar-refractivity contribution is 7.89. The van der Waals surface area contributed by atoms with Gasteiger partial charge < -0.3 is 5.11 Å². The summed E-state index contributed by atoms with van der Waals surface area (Å²) in [5.74, 6) is -0.888. The molecule has 80 valence electrons. The second-order valence-electron chi connectivity index (χ2n) is 3.93. The zero-order valence-electron chi connectivity index (χ0n) is 7.77. The lowest BCUT2D eigenvalue weighted by Gasteiger charge is -2.37. The first-order valence-corrected chi connectivity index (χ1v) is 6.34. The average molecular weight is 219 g/mol. The molecule has 2 rings (SSSR count). The van der Waals surface area contributed by atoms with Crippen molar-refractivity contribution in [3.8, 4) is 0 Å². The van der Waals surface area contributed by atoms with Crippen molar-refractivity contribution >= 4 is 16.0 Å². The summed E-state index contributed by atoms with van der Waals surface area (Å²) in [7, 11) is -3.31. The van der Waals surface area contributed by atoms with Gasteiger partial charge in [-0.15, -0.1) is 0 Å². The fourth-order valence-electron chi connectivity index (χ4n) is 2.49. The zero-order valence-corrected chi connectivity index (χ0v) is 8.59. The summed E-state index contributed by atoms with van der Waals surface area (Å²) in [6.07, 6.45) is 2.04. The third-order valence-corrected chi connectivity index (χ3v) is 5.16. The van der Waals surface area contributed by atoms with Gasteiger partial charge in [0, 0.05) is 6.54 Å². The van der Waals surface area contributed by atoms with Gasteiger partial charge in [-0.2, -0.15) is 4.31 Å². The number of nitrogens with zero attached hydrogens (tertiary/aromatic N) is 1. The molecular formula is C8H13NO4S. The number of carbonyl (C=O) groups is 1. The standard InChI is InChI=1S/C8H13NO4S/c10-7(11)8-3-1-5-9(8)14(12,13)6-2-4-8/h1-6H2,(H,10,11)/t8-/m0/s1. The Bertz CT molecular complexity index is 364. The maximum absolute atomic E-state index is 11.6. The molecule has 2 aliphatic rings. The number of carboxylic acid groups (broad SMARTS) is 1. The van der Waals surface area contributed by atoms with Gasteiger partial charge in [-0.05, 0) is 25.7 Å². The first kappa shape index (κ1) is 9.92. The third-order valence-electron chi connectivity index (χ3n) is 3.16. The molecule has 5 nitrogen and oxygen atoms in total. The highest BCUT2D eigenvalue weighted by Crippen LogP contribution is 2.39. The first-order chi connectivity index (χ1) is 6.49. The van der Waals surface area contributed by atoms with E-state index in [0.717, 1.165) is 0 Å². The molecule has 0 aliphatic carbocycles. The molecule has 0 aromatic heterocycles. The van der Waals surface area contributed by atoms with Gasteiger partial charge in [-0.25, -0.2) is 8.42 Å². The first-order valence-electron chi connectivity index (χ1n) is 4.73. The van der Waals surface area contributed by atoms with Crippen LogP contribution in [0.4, 0.5) is 0 Å². The number of hydrogen-bond acceptors (Lipinski definition) is 3. The van der Waals surface area contributed by atoms with Gasteiger partial charge in [0.1, 0.15) is 5.54 Å². The van der Waals surface area contributed by atoms with Crippen LogP contribution in [0.1, 0.15) is 25.7 Å². The van der Waals surface area contributed by atoms with Crippen LogP contribution in [0.15, 0.2) is 0 Å². The second-order valence-corrected chi connectivity index (χ2v) is 5.94. The molecule has 2 aliphatic heterocycles. The monoisotopic (exact) mass is 219 g/mol. The Morgan fingerprint density at radius 2 is 1.93 bits per heavy atom. The highest BCUT2D eigenvalue weighted by atomic mass is 32.2. The van der Waals surface area contributed by atoms with Crippen LogP contribution in [0, 0.1) is 0 Å². The lowest BCUT2D eigenvalue weighted by molar-refractivity contribution is -0.147. The molecule has 2 heterocycles. The molecule has 0 unspecified atom stereocenters. The van der Waals surface area contributed by atoms with E-state index in [9.17, 15) is 13.2 Å². The minimum absolute atomic E-state index is 0.0992. The summed E-state index contributed by atoms with van der Waals surface area (Å²) in [6.45, 7) is 0.370. The lowest BCUT2D eigenvalue weighted by atomic mass is 9.92. The Balaban J connectivity index is 2.45. The predicted octanol–water partition coefficient (Wildman–Crippen LogP) is 0.0292. The van der Waals surface area contributed by atoms with Gasteiger partial charge in [0.15, 0.2) is 0 Å². The number of rotatable bonds is 1. The van der Waals surface area contributed by atoms with E-state index in [1.54, 1.807) is 0 Å². The minimum Gasteiger partial charge on any atom is -0.480 e. The summed E-state index contributed by atoms with van der Waals surface area (Å²) in [5.41, 5.74) is -1.11. The number of hydrogen-bond donors (Lipinski definition) is 1. The molecule has 14 heavy (non-hydrogen) atoms. The van der Waals surface area contributed by atoms with Crippen molar-refractivity contribution in [1.29, 1.82) is 0 Å². The highest BCUT2D eigenvalue weighted by Gasteiger charge is 2.54. The minimum atomic E-state index is -3.31. The number of fused-ring (bicyclic) bond motifs is 1. The Hall–Kier alpha value is -0.620. The smallest absolute Gasteiger partial charge is 0.325 e. The summed E-state index contributed by atoms with van der Waals surface area (Å²) >= 11 is 0. The molecule has 2 fully saturated rings. The molecule has 6 heteroatoms. The normalized spacial score (nSPS) is 36.6. The molecule has 0 aromatic carbocycles. The molecular weight excluding hydrogens is 206 g/mol. The predicted molar refractivity (Wildman–Crippen MR) is 49.3 cm³/mol. The van der Waals surface area contributed by atoms with E-state index in [4.69, 9.17) is 5.11 Å². The van der Waals surface area contributed by atoms with Gasteiger partial charge in [0.05, 0.1) is 5.75 Å².